The van der Waals surface area contributed by atoms with E-state index in [0.29, 0.717) is 12.5 Å². The molecule has 1 aromatic carbocycles. The van der Waals surface area contributed by atoms with Gasteiger partial charge in [-0.3, -0.25) is 4.79 Å². The monoisotopic (exact) mass is 386 g/mol. The predicted octanol–water partition coefficient (Wildman–Crippen LogP) is 3.04. The minimum atomic E-state index is 0. The molecule has 3 rings (SSSR count). The van der Waals surface area contributed by atoms with E-state index in [4.69, 9.17) is 0 Å². The molecule has 1 aliphatic heterocycles. The van der Waals surface area contributed by atoms with Crippen LogP contribution < -0.4 is 5.32 Å². The molecule has 25 heavy (non-hydrogen) atoms. The van der Waals surface area contributed by atoms with E-state index in [1.165, 1.54) is 0 Å². The van der Waals surface area contributed by atoms with E-state index >= 15 is 0 Å². The number of hydrogen-bond acceptors (Lipinski definition) is 3. The average Bonchev–Trinajstić information content (AvgIpc) is 2.89. The molecule has 0 saturated carbocycles. The van der Waals surface area contributed by atoms with Crippen molar-refractivity contribution in [3.05, 3.63) is 30.1 Å². The van der Waals surface area contributed by atoms with Crippen LogP contribution in [-0.4, -0.2) is 46.5 Å². The van der Waals surface area contributed by atoms with Gasteiger partial charge in [-0.15, -0.1) is 24.8 Å². The number of piperidine rings is 1. The van der Waals surface area contributed by atoms with Crippen molar-refractivity contribution in [1.82, 2.24) is 19.8 Å². The summed E-state index contributed by atoms with van der Waals surface area (Å²) in [6.07, 6.45) is 2.20. The zero-order valence-electron chi connectivity index (χ0n) is 14.9. The van der Waals surface area contributed by atoms with Crippen molar-refractivity contribution >= 4 is 41.8 Å². The third-order valence-electron chi connectivity index (χ3n) is 4.79. The molecule has 1 saturated heterocycles. The Labute approximate surface area is 162 Å². The van der Waals surface area contributed by atoms with Gasteiger partial charge >= 0.3 is 0 Å². The Hall–Kier alpha value is -1.30. The van der Waals surface area contributed by atoms with Crippen LogP contribution in [0.4, 0.5) is 0 Å². The Bertz CT molecular complexity index is 681. The second-order valence-corrected chi connectivity index (χ2v) is 6.37. The summed E-state index contributed by atoms with van der Waals surface area (Å²) in [6, 6.07) is 8.01. The van der Waals surface area contributed by atoms with E-state index in [0.717, 1.165) is 55.9 Å². The van der Waals surface area contributed by atoms with E-state index in [1.807, 2.05) is 40.7 Å². The number of likely N-dealkylation sites (tertiary alicyclic amines) is 1. The number of amides is 1. The van der Waals surface area contributed by atoms with Crippen LogP contribution in [0.25, 0.3) is 11.0 Å². The Morgan fingerprint density at radius 1 is 1.24 bits per heavy atom. The summed E-state index contributed by atoms with van der Waals surface area (Å²) in [4.78, 5) is 19.2. The van der Waals surface area contributed by atoms with Crippen LogP contribution in [0.5, 0.6) is 0 Å². The first-order chi connectivity index (χ1) is 11.2. The molecule has 1 amide bonds. The molecule has 0 atom stereocenters. The first kappa shape index (κ1) is 21.7. The fourth-order valence-corrected chi connectivity index (χ4v) is 3.37. The smallest absolute Gasteiger partial charge is 0.242 e. The number of hydrogen-bond donors (Lipinski definition) is 1. The van der Waals surface area contributed by atoms with Gasteiger partial charge in [0.1, 0.15) is 12.4 Å². The van der Waals surface area contributed by atoms with Gasteiger partial charge in [0.15, 0.2) is 0 Å². The molecule has 0 bridgehead atoms. The van der Waals surface area contributed by atoms with Gasteiger partial charge in [-0.1, -0.05) is 19.1 Å². The zero-order chi connectivity index (χ0) is 16.2. The van der Waals surface area contributed by atoms with E-state index < -0.39 is 0 Å². The van der Waals surface area contributed by atoms with E-state index in [2.05, 4.69) is 17.2 Å². The summed E-state index contributed by atoms with van der Waals surface area (Å²) >= 11 is 0. The van der Waals surface area contributed by atoms with Crippen LogP contribution in [0.1, 0.15) is 25.6 Å². The molecular formula is C18H28Cl2N4O. The molecule has 0 spiro atoms. The van der Waals surface area contributed by atoms with Gasteiger partial charge in [-0.05, 0) is 50.9 Å². The molecule has 7 heteroatoms. The third kappa shape index (κ3) is 5.09. The molecule has 1 aliphatic rings. The Morgan fingerprint density at radius 3 is 2.60 bits per heavy atom. The maximum absolute atomic E-state index is 12.6. The summed E-state index contributed by atoms with van der Waals surface area (Å²) in [5.41, 5.74) is 2.00. The van der Waals surface area contributed by atoms with Gasteiger partial charge in [-0.2, -0.15) is 0 Å². The van der Waals surface area contributed by atoms with Crippen molar-refractivity contribution in [2.45, 2.75) is 33.2 Å². The van der Waals surface area contributed by atoms with Gasteiger partial charge in [0.2, 0.25) is 5.91 Å². The first-order valence-electron chi connectivity index (χ1n) is 8.59. The van der Waals surface area contributed by atoms with E-state index in [-0.39, 0.29) is 30.7 Å². The minimum absolute atomic E-state index is 0. The van der Waals surface area contributed by atoms with Crippen LogP contribution >= 0.6 is 24.8 Å². The highest BCUT2D eigenvalue weighted by molar-refractivity contribution is 5.85. The minimum Gasteiger partial charge on any atom is -0.341 e. The van der Waals surface area contributed by atoms with Crippen LogP contribution in [0.3, 0.4) is 0 Å². The Balaban J connectivity index is 0.00000156. The van der Waals surface area contributed by atoms with Crippen molar-refractivity contribution in [2.24, 2.45) is 5.92 Å². The van der Waals surface area contributed by atoms with Crippen molar-refractivity contribution in [1.29, 1.82) is 0 Å². The van der Waals surface area contributed by atoms with Crippen molar-refractivity contribution < 1.29 is 4.79 Å². The van der Waals surface area contributed by atoms with Gasteiger partial charge in [0.25, 0.3) is 0 Å². The lowest BCUT2D eigenvalue weighted by molar-refractivity contribution is -0.133. The molecule has 1 N–H and O–H groups in total. The van der Waals surface area contributed by atoms with Gasteiger partial charge in [0.05, 0.1) is 11.0 Å². The standard InChI is InChI=1S/C18H26N4O.2ClH/c1-3-19-12-15-8-10-21(11-9-15)18(23)13-22-14(2)20-16-6-4-5-7-17(16)22;;/h4-7,15,19H,3,8-13H2,1-2H3;2*1H. The molecule has 140 valence electrons. The van der Waals surface area contributed by atoms with Gasteiger partial charge in [0, 0.05) is 13.1 Å². The molecule has 1 fully saturated rings. The Kier molecular flexibility index (Phi) is 8.69. The molecule has 0 aliphatic carbocycles. The largest absolute Gasteiger partial charge is 0.341 e. The number of imidazole rings is 1. The van der Waals surface area contributed by atoms with Crippen LogP contribution in [0.15, 0.2) is 24.3 Å². The summed E-state index contributed by atoms with van der Waals surface area (Å²) in [5, 5.41) is 3.41. The number of rotatable bonds is 5. The Morgan fingerprint density at radius 2 is 1.92 bits per heavy atom. The summed E-state index contributed by atoms with van der Waals surface area (Å²) < 4.78 is 2.03. The van der Waals surface area contributed by atoms with Gasteiger partial charge < -0.3 is 14.8 Å². The lowest BCUT2D eigenvalue weighted by Crippen LogP contribution is -2.42. The molecule has 0 radical (unpaired) electrons. The number of carbonyl (C=O) groups is 1. The zero-order valence-corrected chi connectivity index (χ0v) is 16.5. The van der Waals surface area contributed by atoms with Gasteiger partial charge in [-0.25, -0.2) is 4.98 Å². The molecule has 2 aromatic rings. The molecular weight excluding hydrogens is 359 g/mol. The van der Waals surface area contributed by atoms with E-state index in [9.17, 15) is 4.79 Å². The number of halogens is 2. The quantitative estimate of drug-likeness (QED) is 0.858. The SMILES string of the molecule is CCNCC1CCN(C(=O)Cn2c(C)nc3ccccc32)CC1.Cl.Cl. The van der Waals surface area contributed by atoms with Crippen LogP contribution in [-0.2, 0) is 11.3 Å². The number of benzene rings is 1. The second-order valence-electron chi connectivity index (χ2n) is 6.37. The average molecular weight is 387 g/mol. The number of carbonyl (C=O) groups excluding carboxylic acids is 1. The highest BCUT2D eigenvalue weighted by Gasteiger charge is 2.23. The number of para-hydroxylation sites is 2. The van der Waals surface area contributed by atoms with E-state index in [1.54, 1.807) is 0 Å². The summed E-state index contributed by atoms with van der Waals surface area (Å²) in [7, 11) is 0. The summed E-state index contributed by atoms with van der Waals surface area (Å²) in [5.74, 6) is 1.81. The van der Waals surface area contributed by atoms with Crippen molar-refractivity contribution in [2.75, 3.05) is 26.2 Å². The number of nitrogens with zero attached hydrogens (tertiary/aromatic N) is 3. The maximum atomic E-state index is 12.6. The molecule has 5 nitrogen and oxygen atoms in total. The molecule has 0 unspecified atom stereocenters. The number of aryl methyl sites for hydroxylation is 1. The first-order valence-corrected chi connectivity index (χ1v) is 8.59. The highest BCUT2D eigenvalue weighted by atomic mass is 35.5. The fraction of sp³-hybridized carbons (Fsp3) is 0.556. The van der Waals surface area contributed by atoms with Crippen molar-refractivity contribution in [3.63, 3.8) is 0 Å². The fourth-order valence-electron chi connectivity index (χ4n) is 3.37. The lowest BCUT2D eigenvalue weighted by atomic mass is 9.97. The predicted molar refractivity (Wildman–Crippen MR) is 107 cm³/mol. The molecule has 2 heterocycles. The van der Waals surface area contributed by atoms with Crippen LogP contribution in [0.2, 0.25) is 0 Å². The number of nitrogens with one attached hydrogen (secondary N) is 1. The normalized spacial score (nSPS) is 14.9. The second kappa shape index (κ2) is 10.00. The number of aromatic nitrogens is 2. The number of fused-ring (bicyclic) bond motifs is 1. The van der Waals surface area contributed by atoms with Crippen molar-refractivity contribution in [3.8, 4) is 0 Å². The highest BCUT2D eigenvalue weighted by Crippen LogP contribution is 2.19. The van der Waals surface area contributed by atoms with Crippen LogP contribution in [0, 0.1) is 12.8 Å². The topological polar surface area (TPSA) is 50.2 Å². The molecule has 1 aromatic heterocycles. The maximum Gasteiger partial charge on any atom is 0.242 e. The lowest BCUT2D eigenvalue weighted by Gasteiger charge is -2.32. The summed E-state index contributed by atoms with van der Waals surface area (Å²) in [6.45, 7) is 8.34. The third-order valence-corrected chi connectivity index (χ3v) is 4.79.